The second-order valence-electron chi connectivity index (χ2n) is 7.04. The van der Waals surface area contributed by atoms with Gasteiger partial charge >= 0.3 is 0 Å². The number of halogens is 1. The summed E-state index contributed by atoms with van der Waals surface area (Å²) in [5.41, 5.74) is 4.57. The van der Waals surface area contributed by atoms with Crippen LogP contribution in [-0.4, -0.2) is 37.6 Å². The topological polar surface area (TPSA) is 53.9 Å². The first-order chi connectivity index (χ1) is 14.2. The number of fused-ring (bicyclic) bond motifs is 3. The van der Waals surface area contributed by atoms with E-state index in [1.54, 1.807) is 6.20 Å². The highest BCUT2D eigenvalue weighted by Gasteiger charge is 2.24. The van der Waals surface area contributed by atoms with Gasteiger partial charge in [-0.1, -0.05) is 47.6 Å². The quantitative estimate of drug-likeness (QED) is 0.485. The number of carbonyl (C=O) groups excluding carboxylic acids is 1. The Hall–Kier alpha value is -2.70. The molecule has 4 aromatic rings. The van der Waals surface area contributed by atoms with Gasteiger partial charge in [-0.05, 0) is 24.3 Å². The van der Waals surface area contributed by atoms with Gasteiger partial charge in [-0.3, -0.25) is 9.36 Å². The van der Waals surface area contributed by atoms with Gasteiger partial charge in [0.05, 0.1) is 5.75 Å². The number of hydrogen-bond acceptors (Lipinski definition) is 3. The van der Waals surface area contributed by atoms with Crippen molar-refractivity contribution in [2.45, 2.75) is 18.1 Å². The van der Waals surface area contributed by atoms with E-state index in [9.17, 15) is 4.79 Å². The third kappa shape index (κ3) is 3.54. The Balaban J connectivity index is 1.30. The van der Waals surface area contributed by atoms with E-state index in [4.69, 9.17) is 11.6 Å². The van der Waals surface area contributed by atoms with Gasteiger partial charge in [0.2, 0.25) is 5.91 Å². The van der Waals surface area contributed by atoms with Crippen molar-refractivity contribution in [1.82, 2.24) is 19.4 Å². The molecule has 1 aliphatic rings. The lowest BCUT2D eigenvalue weighted by Gasteiger charge is -2.27. The minimum absolute atomic E-state index is 0.131. The van der Waals surface area contributed by atoms with E-state index in [-0.39, 0.29) is 5.91 Å². The molecule has 0 radical (unpaired) electrons. The highest BCUT2D eigenvalue weighted by Crippen LogP contribution is 2.28. The van der Waals surface area contributed by atoms with Crippen molar-refractivity contribution in [2.75, 3.05) is 12.3 Å². The molecule has 7 heteroatoms. The number of nitrogens with one attached hydrogen (secondary N) is 1. The maximum atomic E-state index is 12.9. The zero-order chi connectivity index (χ0) is 19.8. The Kier molecular flexibility index (Phi) is 4.81. The first kappa shape index (κ1) is 18.3. The van der Waals surface area contributed by atoms with Crippen LogP contribution >= 0.6 is 23.4 Å². The highest BCUT2D eigenvalue weighted by molar-refractivity contribution is 7.99. The van der Waals surface area contributed by atoms with Crippen molar-refractivity contribution in [1.29, 1.82) is 0 Å². The SMILES string of the molecule is O=C(CSc1nccn1-c1cccc(Cl)c1)N1CCc2[nH]c3ccccc3c2C1. The third-order valence-corrected chi connectivity index (χ3v) is 6.44. The fraction of sp³-hybridized carbons (Fsp3) is 0.182. The van der Waals surface area contributed by atoms with Gasteiger partial charge in [0.25, 0.3) is 0 Å². The molecule has 5 nitrogen and oxygen atoms in total. The Morgan fingerprint density at radius 3 is 3.00 bits per heavy atom. The van der Waals surface area contributed by atoms with Crippen LogP contribution in [-0.2, 0) is 17.8 Å². The zero-order valence-corrected chi connectivity index (χ0v) is 17.2. The first-order valence-corrected chi connectivity index (χ1v) is 10.8. The van der Waals surface area contributed by atoms with Crippen LogP contribution in [0.2, 0.25) is 5.02 Å². The van der Waals surface area contributed by atoms with Gasteiger partial charge in [0.15, 0.2) is 5.16 Å². The fourth-order valence-corrected chi connectivity index (χ4v) is 4.88. The molecule has 0 saturated heterocycles. The van der Waals surface area contributed by atoms with Crippen LogP contribution in [0.25, 0.3) is 16.6 Å². The maximum absolute atomic E-state index is 12.9. The largest absolute Gasteiger partial charge is 0.358 e. The molecule has 2 aromatic heterocycles. The van der Waals surface area contributed by atoms with Crippen LogP contribution in [0.5, 0.6) is 0 Å². The Morgan fingerprint density at radius 1 is 1.21 bits per heavy atom. The molecule has 1 aliphatic heterocycles. The summed E-state index contributed by atoms with van der Waals surface area (Å²) >= 11 is 7.57. The van der Waals surface area contributed by atoms with Gasteiger partial charge in [0, 0.05) is 64.8 Å². The van der Waals surface area contributed by atoms with Crippen LogP contribution in [0.4, 0.5) is 0 Å². The number of aromatic amines is 1. The van der Waals surface area contributed by atoms with E-state index in [1.165, 1.54) is 28.4 Å². The lowest BCUT2D eigenvalue weighted by molar-refractivity contribution is -0.129. The summed E-state index contributed by atoms with van der Waals surface area (Å²) in [4.78, 5) is 22.8. The van der Waals surface area contributed by atoms with Gasteiger partial charge < -0.3 is 9.88 Å². The molecule has 3 heterocycles. The second-order valence-corrected chi connectivity index (χ2v) is 8.42. The molecule has 0 spiro atoms. The smallest absolute Gasteiger partial charge is 0.233 e. The number of aromatic nitrogens is 3. The number of hydrogen-bond donors (Lipinski definition) is 1. The lowest BCUT2D eigenvalue weighted by atomic mass is 10.0. The van der Waals surface area contributed by atoms with Gasteiger partial charge in [0.1, 0.15) is 0 Å². The normalized spacial score (nSPS) is 13.6. The number of thioether (sulfide) groups is 1. The third-order valence-electron chi connectivity index (χ3n) is 5.25. The molecular weight excluding hydrogens is 404 g/mol. The molecule has 0 aliphatic carbocycles. The van der Waals surface area contributed by atoms with Crippen molar-refractivity contribution in [3.05, 3.63) is 77.2 Å². The number of carbonyl (C=O) groups is 1. The van der Waals surface area contributed by atoms with Gasteiger partial charge in [-0.15, -0.1) is 0 Å². The number of rotatable bonds is 4. The average molecular weight is 423 g/mol. The number of imidazole rings is 1. The minimum Gasteiger partial charge on any atom is -0.358 e. The van der Waals surface area contributed by atoms with E-state index < -0.39 is 0 Å². The van der Waals surface area contributed by atoms with Crippen molar-refractivity contribution in [2.24, 2.45) is 0 Å². The molecule has 0 atom stereocenters. The fourth-order valence-electron chi connectivity index (χ4n) is 3.82. The molecule has 0 unspecified atom stereocenters. The highest BCUT2D eigenvalue weighted by atomic mass is 35.5. The van der Waals surface area contributed by atoms with Crippen molar-refractivity contribution in [3.63, 3.8) is 0 Å². The number of amides is 1. The maximum Gasteiger partial charge on any atom is 0.233 e. The molecule has 0 fully saturated rings. The van der Waals surface area contributed by atoms with Crippen molar-refractivity contribution in [3.8, 4) is 5.69 Å². The molecule has 5 rings (SSSR count). The summed E-state index contributed by atoms with van der Waals surface area (Å²) in [6.07, 6.45) is 4.49. The minimum atomic E-state index is 0.131. The second kappa shape index (κ2) is 7.61. The van der Waals surface area contributed by atoms with Crippen LogP contribution < -0.4 is 0 Å². The Bertz CT molecular complexity index is 1200. The molecule has 0 saturated carbocycles. The predicted octanol–water partition coefficient (Wildman–Crippen LogP) is 4.68. The van der Waals surface area contributed by atoms with E-state index >= 15 is 0 Å². The van der Waals surface area contributed by atoms with Crippen LogP contribution in [0.1, 0.15) is 11.3 Å². The Morgan fingerprint density at radius 2 is 2.10 bits per heavy atom. The summed E-state index contributed by atoms with van der Waals surface area (Å²) in [6.45, 7) is 1.39. The summed E-state index contributed by atoms with van der Waals surface area (Å²) in [5.74, 6) is 0.488. The number of para-hydroxylation sites is 1. The van der Waals surface area contributed by atoms with E-state index in [1.807, 2.05) is 52.1 Å². The number of benzene rings is 2. The summed E-state index contributed by atoms with van der Waals surface area (Å²) < 4.78 is 1.96. The zero-order valence-electron chi connectivity index (χ0n) is 15.6. The molecule has 2 aromatic carbocycles. The molecule has 1 amide bonds. The monoisotopic (exact) mass is 422 g/mol. The molecule has 146 valence electrons. The van der Waals surface area contributed by atoms with E-state index in [2.05, 4.69) is 22.1 Å². The average Bonchev–Trinajstić information content (AvgIpc) is 3.36. The molecular formula is C22H19ClN4OS. The van der Waals surface area contributed by atoms with E-state index in [0.717, 1.165) is 29.3 Å². The van der Waals surface area contributed by atoms with Crippen LogP contribution in [0.15, 0.2) is 66.1 Å². The molecule has 0 bridgehead atoms. The lowest BCUT2D eigenvalue weighted by Crippen LogP contribution is -2.36. The Labute approximate surface area is 177 Å². The van der Waals surface area contributed by atoms with Crippen molar-refractivity contribution < 1.29 is 4.79 Å². The number of H-pyrrole nitrogens is 1. The van der Waals surface area contributed by atoms with Crippen LogP contribution in [0.3, 0.4) is 0 Å². The van der Waals surface area contributed by atoms with Crippen molar-refractivity contribution >= 4 is 40.2 Å². The molecule has 29 heavy (non-hydrogen) atoms. The summed E-state index contributed by atoms with van der Waals surface area (Å²) in [5, 5.41) is 2.67. The number of nitrogens with zero attached hydrogens (tertiary/aromatic N) is 3. The van der Waals surface area contributed by atoms with Crippen LogP contribution in [0, 0.1) is 0 Å². The molecule has 1 N–H and O–H groups in total. The predicted molar refractivity (Wildman–Crippen MR) is 117 cm³/mol. The first-order valence-electron chi connectivity index (χ1n) is 9.47. The summed E-state index contributed by atoms with van der Waals surface area (Å²) in [6, 6.07) is 15.9. The summed E-state index contributed by atoms with van der Waals surface area (Å²) in [7, 11) is 0. The van der Waals surface area contributed by atoms with Gasteiger partial charge in [-0.25, -0.2) is 4.98 Å². The van der Waals surface area contributed by atoms with E-state index in [0.29, 0.717) is 17.3 Å². The van der Waals surface area contributed by atoms with Gasteiger partial charge in [-0.2, -0.15) is 0 Å². The standard InChI is InChI=1S/C22H19ClN4OS/c23-15-4-3-5-16(12-15)27-11-9-24-22(27)29-14-21(28)26-10-8-20-18(13-26)17-6-1-2-7-19(17)25-20/h1-7,9,11-12,25H,8,10,13-14H2.